The Morgan fingerprint density at radius 1 is 1.33 bits per heavy atom. The first kappa shape index (κ1) is 23.4. The van der Waals surface area contributed by atoms with Crippen molar-refractivity contribution in [1.82, 2.24) is 20.0 Å². The molecule has 0 radical (unpaired) electrons. The molecule has 1 aromatic rings. The van der Waals surface area contributed by atoms with Gasteiger partial charge in [-0.2, -0.15) is 0 Å². The Morgan fingerprint density at radius 3 is 2.63 bits per heavy atom. The van der Waals surface area contributed by atoms with E-state index in [4.69, 9.17) is 0 Å². The maximum Gasteiger partial charge on any atom is 0.243 e. The molecule has 6 nitrogen and oxygen atoms in total. The van der Waals surface area contributed by atoms with Crippen LogP contribution in [0.25, 0.3) is 0 Å². The molecule has 27 heavy (non-hydrogen) atoms. The standard InChI is InChI=1S/C19H28FN5O.HI/c1-4-8-21-19(22-14-18(26)23(2)3)25-11-9-24(10-12-25)15-16-6-5-7-17(20)13-16;/h4-7,13H,1,8-12,14-15H2,2-3H3,(H,21,22);1H. The number of nitrogens with one attached hydrogen (secondary N) is 1. The first-order chi connectivity index (χ1) is 12.5. The van der Waals surface area contributed by atoms with Gasteiger partial charge in [0, 0.05) is 53.4 Å². The van der Waals surface area contributed by atoms with Crippen molar-refractivity contribution >= 4 is 35.8 Å². The number of nitrogens with zero attached hydrogens (tertiary/aromatic N) is 4. The summed E-state index contributed by atoms with van der Waals surface area (Å²) in [4.78, 5) is 22.2. The number of benzene rings is 1. The van der Waals surface area contributed by atoms with Crippen LogP contribution in [0.4, 0.5) is 4.39 Å². The van der Waals surface area contributed by atoms with Gasteiger partial charge in [0.15, 0.2) is 5.96 Å². The third-order valence-electron chi connectivity index (χ3n) is 4.23. The summed E-state index contributed by atoms with van der Waals surface area (Å²) in [6.45, 7) is 8.48. The van der Waals surface area contributed by atoms with Crippen LogP contribution in [0, 0.1) is 5.82 Å². The molecule has 0 saturated carbocycles. The Hall–Kier alpha value is -1.68. The van der Waals surface area contributed by atoms with E-state index in [1.165, 1.54) is 11.0 Å². The molecule has 0 spiro atoms. The number of rotatable bonds is 6. The molecule has 1 heterocycles. The number of carbonyl (C=O) groups excluding carboxylic acids is 1. The number of amides is 1. The largest absolute Gasteiger partial charge is 0.353 e. The maximum absolute atomic E-state index is 13.3. The normalized spacial score (nSPS) is 15.1. The Kier molecular flexibility index (Phi) is 10.3. The van der Waals surface area contributed by atoms with Crippen LogP contribution in [0.15, 0.2) is 41.9 Å². The molecule has 0 aliphatic carbocycles. The van der Waals surface area contributed by atoms with Crippen LogP contribution in [0.1, 0.15) is 5.56 Å². The van der Waals surface area contributed by atoms with Gasteiger partial charge >= 0.3 is 0 Å². The summed E-state index contributed by atoms with van der Waals surface area (Å²) in [6.07, 6.45) is 1.77. The molecular formula is C19H29FIN5O. The van der Waals surface area contributed by atoms with Crippen molar-refractivity contribution in [2.75, 3.05) is 53.4 Å². The van der Waals surface area contributed by atoms with E-state index in [0.29, 0.717) is 6.54 Å². The minimum atomic E-state index is -0.199. The Labute approximate surface area is 178 Å². The van der Waals surface area contributed by atoms with Crippen molar-refractivity contribution in [2.24, 2.45) is 4.99 Å². The van der Waals surface area contributed by atoms with E-state index >= 15 is 0 Å². The molecular weight excluding hydrogens is 460 g/mol. The fourth-order valence-electron chi connectivity index (χ4n) is 2.73. The molecule has 1 fully saturated rings. The van der Waals surface area contributed by atoms with Gasteiger partial charge in [-0.3, -0.25) is 9.69 Å². The SMILES string of the molecule is C=CCNC(=NCC(=O)N(C)C)N1CCN(Cc2cccc(F)c2)CC1.I. The van der Waals surface area contributed by atoms with Crippen LogP contribution in [0.3, 0.4) is 0 Å². The van der Waals surface area contributed by atoms with Gasteiger partial charge in [0.2, 0.25) is 5.91 Å². The number of aliphatic imine (C=N–C) groups is 1. The second-order valence-electron chi connectivity index (χ2n) is 6.49. The average molecular weight is 489 g/mol. The molecule has 1 aromatic carbocycles. The zero-order chi connectivity index (χ0) is 18.9. The molecule has 1 N–H and O–H groups in total. The van der Waals surface area contributed by atoms with Gasteiger partial charge in [0.05, 0.1) is 0 Å². The van der Waals surface area contributed by atoms with Crippen molar-refractivity contribution in [3.8, 4) is 0 Å². The highest BCUT2D eigenvalue weighted by atomic mass is 127. The molecule has 1 saturated heterocycles. The first-order valence-electron chi connectivity index (χ1n) is 8.80. The Morgan fingerprint density at radius 2 is 2.04 bits per heavy atom. The van der Waals surface area contributed by atoms with Gasteiger partial charge in [-0.15, -0.1) is 30.6 Å². The van der Waals surface area contributed by atoms with Gasteiger partial charge in [0.25, 0.3) is 0 Å². The predicted octanol–water partition coefficient (Wildman–Crippen LogP) is 1.78. The summed E-state index contributed by atoms with van der Waals surface area (Å²) in [6, 6.07) is 6.73. The van der Waals surface area contributed by atoms with Crippen LogP contribution in [-0.4, -0.2) is 79.9 Å². The molecule has 1 aliphatic rings. The maximum atomic E-state index is 13.3. The minimum absolute atomic E-state index is 0. The van der Waals surface area contributed by atoms with Crippen LogP contribution in [0.2, 0.25) is 0 Å². The number of carbonyl (C=O) groups is 1. The van der Waals surface area contributed by atoms with Crippen LogP contribution < -0.4 is 5.32 Å². The molecule has 0 atom stereocenters. The smallest absolute Gasteiger partial charge is 0.243 e. The molecule has 0 unspecified atom stereocenters. The fraction of sp³-hybridized carbons (Fsp3) is 0.474. The van der Waals surface area contributed by atoms with E-state index in [2.05, 4.69) is 26.7 Å². The summed E-state index contributed by atoms with van der Waals surface area (Å²) in [5, 5.41) is 3.22. The first-order valence-corrected chi connectivity index (χ1v) is 8.80. The summed E-state index contributed by atoms with van der Waals surface area (Å²) in [5.74, 6) is 0.493. The van der Waals surface area contributed by atoms with Crippen molar-refractivity contribution in [3.63, 3.8) is 0 Å². The zero-order valence-electron chi connectivity index (χ0n) is 16.0. The second-order valence-corrected chi connectivity index (χ2v) is 6.49. The van der Waals surface area contributed by atoms with Crippen molar-refractivity contribution in [3.05, 3.63) is 48.3 Å². The van der Waals surface area contributed by atoms with Crippen molar-refractivity contribution in [2.45, 2.75) is 6.54 Å². The van der Waals surface area contributed by atoms with Crippen LogP contribution in [-0.2, 0) is 11.3 Å². The second kappa shape index (κ2) is 11.9. The molecule has 0 aromatic heterocycles. The van der Waals surface area contributed by atoms with E-state index in [0.717, 1.165) is 44.2 Å². The summed E-state index contributed by atoms with van der Waals surface area (Å²) >= 11 is 0. The molecule has 8 heteroatoms. The topological polar surface area (TPSA) is 51.2 Å². The number of guanidine groups is 1. The molecule has 150 valence electrons. The Balaban J connectivity index is 0.00000364. The quantitative estimate of drug-likeness (QED) is 0.287. The third kappa shape index (κ3) is 7.84. The highest BCUT2D eigenvalue weighted by molar-refractivity contribution is 14.0. The number of likely N-dealkylation sites (N-methyl/N-ethyl adjacent to an activating group) is 1. The van der Waals surface area contributed by atoms with E-state index in [1.54, 1.807) is 32.3 Å². The molecule has 0 bridgehead atoms. The van der Waals surface area contributed by atoms with Gasteiger partial charge in [-0.05, 0) is 17.7 Å². The number of halogens is 2. The lowest BCUT2D eigenvalue weighted by atomic mass is 10.2. The molecule has 1 amide bonds. The summed E-state index contributed by atoms with van der Waals surface area (Å²) in [5.41, 5.74) is 0.980. The van der Waals surface area contributed by atoms with Crippen molar-refractivity contribution < 1.29 is 9.18 Å². The lowest BCUT2D eigenvalue weighted by molar-refractivity contribution is -0.127. The van der Waals surface area contributed by atoms with E-state index in [9.17, 15) is 9.18 Å². The highest BCUT2D eigenvalue weighted by Crippen LogP contribution is 2.10. The number of hydrogen-bond acceptors (Lipinski definition) is 3. The predicted molar refractivity (Wildman–Crippen MR) is 118 cm³/mol. The minimum Gasteiger partial charge on any atom is -0.353 e. The van der Waals surface area contributed by atoms with Gasteiger partial charge in [0.1, 0.15) is 12.4 Å². The zero-order valence-corrected chi connectivity index (χ0v) is 18.4. The van der Waals surface area contributed by atoms with E-state index in [-0.39, 0.29) is 42.2 Å². The summed E-state index contributed by atoms with van der Waals surface area (Å²) < 4.78 is 13.3. The lowest BCUT2D eigenvalue weighted by Gasteiger charge is -2.36. The third-order valence-corrected chi connectivity index (χ3v) is 4.23. The van der Waals surface area contributed by atoms with E-state index < -0.39 is 0 Å². The number of hydrogen-bond donors (Lipinski definition) is 1. The molecule has 1 aliphatic heterocycles. The van der Waals surface area contributed by atoms with Crippen LogP contribution >= 0.6 is 24.0 Å². The van der Waals surface area contributed by atoms with Crippen LogP contribution in [0.5, 0.6) is 0 Å². The molecule has 2 rings (SSSR count). The summed E-state index contributed by atoms with van der Waals surface area (Å²) in [7, 11) is 3.44. The monoisotopic (exact) mass is 489 g/mol. The van der Waals surface area contributed by atoms with Gasteiger partial charge < -0.3 is 15.1 Å². The van der Waals surface area contributed by atoms with Gasteiger partial charge in [-0.1, -0.05) is 18.2 Å². The van der Waals surface area contributed by atoms with Crippen molar-refractivity contribution in [1.29, 1.82) is 0 Å². The van der Waals surface area contributed by atoms with E-state index in [1.807, 2.05) is 6.07 Å². The average Bonchev–Trinajstić information content (AvgIpc) is 2.62. The lowest BCUT2D eigenvalue weighted by Crippen LogP contribution is -2.52. The number of piperazine rings is 1. The highest BCUT2D eigenvalue weighted by Gasteiger charge is 2.20. The van der Waals surface area contributed by atoms with Gasteiger partial charge in [-0.25, -0.2) is 9.38 Å². The Bertz CT molecular complexity index is 645. The fourth-order valence-corrected chi connectivity index (χ4v) is 2.73.